The lowest BCUT2D eigenvalue weighted by atomic mass is 10.0. The normalized spacial score (nSPS) is 11.2. The maximum atomic E-state index is 11.1. The third-order valence-electron chi connectivity index (χ3n) is 3.60. The Labute approximate surface area is 128 Å². The van der Waals surface area contributed by atoms with E-state index < -0.39 is 5.97 Å². The number of nitrogens with zero attached hydrogens (tertiary/aromatic N) is 1. The molecule has 2 aromatic carbocycles. The Morgan fingerprint density at radius 3 is 2.55 bits per heavy atom. The molecule has 0 amide bonds. The molecule has 0 radical (unpaired) electrons. The van der Waals surface area contributed by atoms with Crippen molar-refractivity contribution in [1.29, 1.82) is 0 Å². The summed E-state index contributed by atoms with van der Waals surface area (Å²) in [5.74, 6) is -1.20. The molecule has 0 fully saturated rings. The van der Waals surface area contributed by atoms with Crippen LogP contribution in [-0.4, -0.2) is 30.3 Å². The van der Waals surface area contributed by atoms with E-state index in [-0.39, 0.29) is 5.56 Å². The number of nitrogens with one attached hydrogen (secondary N) is 2. The van der Waals surface area contributed by atoms with Gasteiger partial charge in [-0.1, -0.05) is 42.5 Å². The van der Waals surface area contributed by atoms with Crippen LogP contribution in [-0.2, 0) is 6.54 Å². The molecule has 2 N–H and O–H groups in total. The van der Waals surface area contributed by atoms with Crippen LogP contribution in [0.1, 0.15) is 15.9 Å². The zero-order valence-electron chi connectivity index (χ0n) is 12.5. The van der Waals surface area contributed by atoms with Gasteiger partial charge in [0.05, 0.1) is 31.3 Å². The van der Waals surface area contributed by atoms with Gasteiger partial charge in [0, 0.05) is 22.1 Å². The molecule has 0 saturated heterocycles. The summed E-state index contributed by atoms with van der Waals surface area (Å²) < 4.78 is 0. The number of aromatic amines is 1. The number of H-pyrrole nitrogens is 1. The van der Waals surface area contributed by atoms with E-state index in [4.69, 9.17) is 0 Å². The van der Waals surface area contributed by atoms with E-state index >= 15 is 0 Å². The standard InChI is InChI=1S/C17H17N3O2/c1-20(2)10-11-6-8-12(9-7-11)15-13-4-3-5-14(17(21)22)16(13)19-18-15/h3-9H,10H2,1-2H3,(H,18,19)(H,21,22). The Bertz CT molecular complexity index is 820. The first-order valence-electron chi connectivity index (χ1n) is 7.13. The van der Waals surface area contributed by atoms with Gasteiger partial charge in [-0.2, -0.15) is 5.10 Å². The molecule has 0 aliphatic heterocycles. The SMILES string of the molecule is C[NH+](C)Cc1ccc(-c2n[nH]c3c(C(=O)[O-])cccc23)cc1. The van der Waals surface area contributed by atoms with Gasteiger partial charge in [-0.15, -0.1) is 0 Å². The van der Waals surface area contributed by atoms with Crippen LogP contribution in [0, 0.1) is 0 Å². The van der Waals surface area contributed by atoms with Crippen LogP contribution < -0.4 is 10.0 Å². The number of carboxylic acids is 1. The zero-order valence-corrected chi connectivity index (χ0v) is 12.5. The second kappa shape index (κ2) is 5.61. The van der Waals surface area contributed by atoms with Gasteiger partial charge < -0.3 is 14.8 Å². The maximum absolute atomic E-state index is 11.1. The molecule has 1 aromatic heterocycles. The Kier molecular flexibility index (Phi) is 3.65. The van der Waals surface area contributed by atoms with Crippen molar-refractivity contribution in [1.82, 2.24) is 10.2 Å². The Morgan fingerprint density at radius 2 is 1.91 bits per heavy atom. The second-order valence-electron chi connectivity index (χ2n) is 5.67. The summed E-state index contributed by atoms with van der Waals surface area (Å²) in [6.45, 7) is 0.955. The minimum atomic E-state index is -1.20. The summed E-state index contributed by atoms with van der Waals surface area (Å²) in [5, 5.41) is 19.0. The smallest absolute Gasteiger partial charge is 0.102 e. The van der Waals surface area contributed by atoms with Crippen molar-refractivity contribution >= 4 is 16.9 Å². The largest absolute Gasteiger partial charge is 0.545 e. The summed E-state index contributed by atoms with van der Waals surface area (Å²) in [7, 11) is 4.22. The number of hydrogen-bond donors (Lipinski definition) is 2. The van der Waals surface area contributed by atoms with Crippen molar-refractivity contribution in [2.45, 2.75) is 6.54 Å². The number of carboxylic acid groups (broad SMARTS) is 1. The Hall–Kier alpha value is -2.66. The van der Waals surface area contributed by atoms with Crippen LogP contribution in [0.2, 0.25) is 0 Å². The maximum Gasteiger partial charge on any atom is 0.102 e. The molecule has 22 heavy (non-hydrogen) atoms. The second-order valence-corrected chi connectivity index (χ2v) is 5.67. The molecule has 0 unspecified atom stereocenters. The molecule has 0 atom stereocenters. The van der Waals surface area contributed by atoms with Gasteiger partial charge in [-0.3, -0.25) is 5.10 Å². The first-order chi connectivity index (χ1) is 10.6. The molecule has 5 nitrogen and oxygen atoms in total. The van der Waals surface area contributed by atoms with Gasteiger partial charge in [0.2, 0.25) is 0 Å². The fraction of sp³-hybridized carbons (Fsp3) is 0.176. The van der Waals surface area contributed by atoms with Crippen molar-refractivity contribution in [2.24, 2.45) is 0 Å². The van der Waals surface area contributed by atoms with Gasteiger partial charge in [-0.25, -0.2) is 0 Å². The summed E-state index contributed by atoms with van der Waals surface area (Å²) in [6, 6.07) is 13.3. The first-order valence-corrected chi connectivity index (χ1v) is 7.13. The van der Waals surface area contributed by atoms with E-state index in [9.17, 15) is 9.90 Å². The number of benzene rings is 2. The molecular formula is C17H17N3O2. The molecule has 5 heteroatoms. The molecule has 0 saturated carbocycles. The minimum absolute atomic E-state index is 0.129. The lowest BCUT2D eigenvalue weighted by Crippen LogP contribution is -3.04. The van der Waals surface area contributed by atoms with Gasteiger partial charge in [0.1, 0.15) is 6.54 Å². The zero-order chi connectivity index (χ0) is 15.7. The molecule has 3 rings (SSSR count). The van der Waals surface area contributed by atoms with Gasteiger partial charge in [-0.05, 0) is 0 Å². The highest BCUT2D eigenvalue weighted by atomic mass is 16.4. The van der Waals surface area contributed by atoms with Crippen molar-refractivity contribution in [3.05, 3.63) is 53.6 Å². The first kappa shape index (κ1) is 14.3. The van der Waals surface area contributed by atoms with Crippen LogP contribution in [0.5, 0.6) is 0 Å². The third kappa shape index (κ3) is 2.58. The van der Waals surface area contributed by atoms with E-state index in [2.05, 4.69) is 36.4 Å². The number of para-hydroxylation sites is 1. The van der Waals surface area contributed by atoms with Crippen molar-refractivity contribution < 1.29 is 14.8 Å². The summed E-state index contributed by atoms with van der Waals surface area (Å²) in [4.78, 5) is 12.5. The number of rotatable bonds is 4. The fourth-order valence-corrected chi connectivity index (χ4v) is 2.62. The molecule has 0 aliphatic rings. The van der Waals surface area contributed by atoms with E-state index in [0.717, 1.165) is 23.2 Å². The highest BCUT2D eigenvalue weighted by molar-refractivity contribution is 6.05. The predicted molar refractivity (Wildman–Crippen MR) is 82.4 cm³/mol. The minimum Gasteiger partial charge on any atom is -0.545 e. The van der Waals surface area contributed by atoms with Crippen LogP contribution in [0.25, 0.3) is 22.2 Å². The monoisotopic (exact) mass is 295 g/mol. The van der Waals surface area contributed by atoms with Crippen LogP contribution in [0.3, 0.4) is 0 Å². The molecular weight excluding hydrogens is 278 g/mol. The van der Waals surface area contributed by atoms with Crippen molar-refractivity contribution in [3.8, 4) is 11.3 Å². The number of carbonyl (C=O) groups excluding carboxylic acids is 1. The number of fused-ring (bicyclic) bond motifs is 1. The van der Waals surface area contributed by atoms with E-state index in [1.54, 1.807) is 6.07 Å². The average molecular weight is 295 g/mol. The van der Waals surface area contributed by atoms with E-state index in [0.29, 0.717) is 5.52 Å². The highest BCUT2D eigenvalue weighted by Crippen LogP contribution is 2.28. The topological polar surface area (TPSA) is 73.2 Å². The Balaban J connectivity index is 2.04. The summed E-state index contributed by atoms with van der Waals surface area (Å²) in [6.07, 6.45) is 0. The molecule has 3 aromatic rings. The molecule has 0 bridgehead atoms. The van der Waals surface area contributed by atoms with E-state index in [1.807, 2.05) is 18.2 Å². The van der Waals surface area contributed by atoms with Gasteiger partial charge in [0.25, 0.3) is 0 Å². The van der Waals surface area contributed by atoms with Gasteiger partial charge in [0.15, 0.2) is 0 Å². The van der Waals surface area contributed by atoms with Gasteiger partial charge >= 0.3 is 0 Å². The molecule has 0 spiro atoms. The van der Waals surface area contributed by atoms with Crippen molar-refractivity contribution in [3.63, 3.8) is 0 Å². The number of hydrogen-bond acceptors (Lipinski definition) is 3. The molecule has 112 valence electrons. The van der Waals surface area contributed by atoms with Crippen LogP contribution in [0.4, 0.5) is 0 Å². The number of aromatic carboxylic acids is 1. The average Bonchev–Trinajstić information content (AvgIpc) is 2.91. The molecule has 1 heterocycles. The Morgan fingerprint density at radius 1 is 1.18 bits per heavy atom. The summed E-state index contributed by atoms with van der Waals surface area (Å²) >= 11 is 0. The number of aromatic nitrogens is 2. The molecule has 0 aliphatic carbocycles. The highest BCUT2D eigenvalue weighted by Gasteiger charge is 2.11. The van der Waals surface area contributed by atoms with E-state index in [1.165, 1.54) is 16.5 Å². The lowest BCUT2D eigenvalue weighted by molar-refractivity contribution is -0.872. The number of carbonyl (C=O) groups is 1. The fourth-order valence-electron chi connectivity index (χ4n) is 2.62. The van der Waals surface area contributed by atoms with Crippen molar-refractivity contribution in [2.75, 3.05) is 14.1 Å². The van der Waals surface area contributed by atoms with Crippen LogP contribution in [0.15, 0.2) is 42.5 Å². The summed E-state index contributed by atoms with van der Waals surface area (Å²) in [5.41, 5.74) is 3.59. The van der Waals surface area contributed by atoms with Crippen LogP contribution >= 0.6 is 0 Å². The number of quaternary nitrogens is 1. The quantitative estimate of drug-likeness (QED) is 0.724. The third-order valence-corrected chi connectivity index (χ3v) is 3.60. The lowest BCUT2D eigenvalue weighted by Gasteiger charge is -2.07. The predicted octanol–water partition coefficient (Wildman–Crippen LogP) is 0.238.